The van der Waals surface area contributed by atoms with Crippen LogP contribution in [-0.4, -0.2) is 34.7 Å². The van der Waals surface area contributed by atoms with Gasteiger partial charge in [0, 0.05) is 30.5 Å². The molecule has 0 aromatic carbocycles. The first-order valence-corrected chi connectivity index (χ1v) is 7.42. The van der Waals surface area contributed by atoms with Gasteiger partial charge in [0.2, 0.25) is 0 Å². The lowest BCUT2D eigenvalue weighted by Crippen LogP contribution is -2.44. The van der Waals surface area contributed by atoms with Crippen LogP contribution in [0.2, 0.25) is 0 Å². The molecule has 1 atom stereocenters. The highest BCUT2D eigenvalue weighted by atomic mass is 32.1. The molecule has 1 aromatic heterocycles. The van der Waals surface area contributed by atoms with Gasteiger partial charge in [0.1, 0.15) is 0 Å². The number of aliphatic hydroxyl groups is 1. The van der Waals surface area contributed by atoms with Crippen LogP contribution in [0.1, 0.15) is 38.3 Å². The standard InChI is InChI=1S/C13H22N2OS/c1-2-4-13(10-16)5-3-6-15(9-13)7-12-8-17-11-14-12/h8,11,16H,2-7,9-10H2,1H3/t13-/m1/s1. The Labute approximate surface area is 107 Å². The van der Waals surface area contributed by atoms with Gasteiger partial charge in [0.05, 0.1) is 11.2 Å². The fraction of sp³-hybridized carbons (Fsp3) is 0.769. The van der Waals surface area contributed by atoms with Crippen LogP contribution in [0.5, 0.6) is 0 Å². The third-order valence-electron chi connectivity index (χ3n) is 3.73. The Morgan fingerprint density at radius 3 is 3.12 bits per heavy atom. The summed E-state index contributed by atoms with van der Waals surface area (Å²) in [6.45, 7) is 5.64. The minimum absolute atomic E-state index is 0.142. The summed E-state index contributed by atoms with van der Waals surface area (Å²) in [5.41, 5.74) is 3.20. The summed E-state index contributed by atoms with van der Waals surface area (Å²) in [4.78, 5) is 6.79. The van der Waals surface area contributed by atoms with Gasteiger partial charge in [-0.1, -0.05) is 13.3 Å². The Morgan fingerprint density at radius 2 is 2.47 bits per heavy atom. The van der Waals surface area contributed by atoms with Crippen molar-refractivity contribution >= 4 is 11.3 Å². The molecule has 1 aliphatic rings. The normalized spacial score (nSPS) is 26.2. The van der Waals surface area contributed by atoms with Crippen molar-refractivity contribution in [1.29, 1.82) is 0 Å². The Bertz CT molecular complexity index is 324. The number of thiazole rings is 1. The van der Waals surface area contributed by atoms with Crippen LogP contribution in [0.15, 0.2) is 10.9 Å². The highest BCUT2D eigenvalue weighted by Gasteiger charge is 2.34. The number of rotatable bonds is 5. The number of piperidine rings is 1. The number of hydrogen-bond donors (Lipinski definition) is 1. The van der Waals surface area contributed by atoms with Crippen molar-refractivity contribution in [3.63, 3.8) is 0 Å². The summed E-state index contributed by atoms with van der Waals surface area (Å²) in [6, 6.07) is 0. The van der Waals surface area contributed by atoms with Crippen LogP contribution in [0.25, 0.3) is 0 Å². The Morgan fingerprint density at radius 1 is 1.59 bits per heavy atom. The first kappa shape index (κ1) is 13.0. The minimum Gasteiger partial charge on any atom is -0.396 e. The van der Waals surface area contributed by atoms with Gasteiger partial charge in [-0.25, -0.2) is 4.98 Å². The second-order valence-electron chi connectivity index (χ2n) is 5.20. The first-order valence-electron chi connectivity index (χ1n) is 6.48. The molecule has 96 valence electrons. The third kappa shape index (κ3) is 3.27. The molecule has 1 fully saturated rings. The first-order chi connectivity index (χ1) is 8.28. The third-order valence-corrected chi connectivity index (χ3v) is 4.36. The van der Waals surface area contributed by atoms with Crippen LogP contribution in [-0.2, 0) is 6.54 Å². The fourth-order valence-corrected chi connectivity index (χ4v) is 3.48. The smallest absolute Gasteiger partial charge is 0.0795 e. The van der Waals surface area contributed by atoms with Crippen LogP contribution in [0, 0.1) is 5.41 Å². The molecular formula is C13H22N2OS. The molecule has 0 spiro atoms. The molecule has 1 aliphatic heterocycles. The number of nitrogens with zero attached hydrogens (tertiary/aromatic N) is 2. The van der Waals surface area contributed by atoms with Gasteiger partial charge in [-0.15, -0.1) is 11.3 Å². The van der Waals surface area contributed by atoms with E-state index in [-0.39, 0.29) is 5.41 Å². The topological polar surface area (TPSA) is 36.4 Å². The lowest BCUT2D eigenvalue weighted by atomic mass is 9.77. The molecule has 0 unspecified atom stereocenters. The molecule has 0 radical (unpaired) electrons. The number of aliphatic hydroxyl groups excluding tert-OH is 1. The van der Waals surface area contributed by atoms with E-state index in [1.165, 1.54) is 18.5 Å². The molecule has 2 heterocycles. The summed E-state index contributed by atoms with van der Waals surface area (Å²) in [5, 5.41) is 11.8. The zero-order valence-electron chi connectivity index (χ0n) is 10.6. The van der Waals surface area contributed by atoms with Gasteiger partial charge < -0.3 is 5.11 Å². The Balaban J connectivity index is 1.96. The zero-order valence-corrected chi connectivity index (χ0v) is 11.4. The molecule has 1 aromatic rings. The van der Waals surface area contributed by atoms with Gasteiger partial charge in [-0.2, -0.15) is 0 Å². The minimum atomic E-state index is 0.142. The highest BCUT2D eigenvalue weighted by Crippen LogP contribution is 2.34. The van der Waals surface area contributed by atoms with Gasteiger partial charge in [-0.3, -0.25) is 4.90 Å². The quantitative estimate of drug-likeness (QED) is 0.877. The molecule has 0 aliphatic carbocycles. The average Bonchev–Trinajstić information content (AvgIpc) is 2.83. The molecule has 3 nitrogen and oxygen atoms in total. The maximum atomic E-state index is 9.68. The fourth-order valence-electron chi connectivity index (χ4n) is 2.93. The average molecular weight is 254 g/mol. The number of aromatic nitrogens is 1. The predicted molar refractivity (Wildman–Crippen MR) is 71.1 cm³/mol. The van der Waals surface area contributed by atoms with Gasteiger partial charge in [-0.05, 0) is 25.8 Å². The molecule has 1 N–H and O–H groups in total. The summed E-state index contributed by atoms with van der Waals surface area (Å²) >= 11 is 1.66. The van der Waals surface area contributed by atoms with Crippen molar-refractivity contribution in [3.8, 4) is 0 Å². The van der Waals surface area contributed by atoms with Crippen LogP contribution in [0.3, 0.4) is 0 Å². The lowest BCUT2D eigenvalue weighted by Gasteiger charge is -2.41. The predicted octanol–water partition coefficient (Wildman–Crippen LogP) is 2.52. The molecule has 2 rings (SSSR count). The highest BCUT2D eigenvalue weighted by molar-refractivity contribution is 7.07. The maximum Gasteiger partial charge on any atom is 0.0795 e. The Hall–Kier alpha value is -0.450. The molecule has 4 heteroatoms. The second kappa shape index (κ2) is 5.94. The summed E-state index contributed by atoms with van der Waals surface area (Å²) in [7, 11) is 0. The summed E-state index contributed by atoms with van der Waals surface area (Å²) < 4.78 is 0. The molecule has 17 heavy (non-hydrogen) atoms. The maximum absolute atomic E-state index is 9.68. The van der Waals surface area contributed by atoms with Crippen molar-refractivity contribution in [2.75, 3.05) is 19.7 Å². The monoisotopic (exact) mass is 254 g/mol. The lowest BCUT2D eigenvalue weighted by molar-refractivity contribution is 0.0212. The molecule has 0 amide bonds. The van der Waals surface area contributed by atoms with E-state index in [0.717, 1.165) is 32.5 Å². The zero-order chi connectivity index (χ0) is 12.1. The van der Waals surface area contributed by atoms with Crippen LogP contribution < -0.4 is 0 Å². The second-order valence-corrected chi connectivity index (χ2v) is 5.92. The van der Waals surface area contributed by atoms with Gasteiger partial charge >= 0.3 is 0 Å². The van der Waals surface area contributed by atoms with E-state index < -0.39 is 0 Å². The van der Waals surface area contributed by atoms with E-state index in [1.807, 2.05) is 5.51 Å². The summed E-state index contributed by atoms with van der Waals surface area (Å²) in [5.74, 6) is 0. The number of likely N-dealkylation sites (tertiary alicyclic amines) is 1. The van der Waals surface area contributed by atoms with Crippen molar-refractivity contribution in [2.24, 2.45) is 5.41 Å². The molecule has 1 saturated heterocycles. The molecule has 0 bridgehead atoms. The van der Waals surface area contributed by atoms with E-state index in [2.05, 4.69) is 22.2 Å². The van der Waals surface area contributed by atoms with Crippen molar-refractivity contribution in [2.45, 2.75) is 39.2 Å². The van der Waals surface area contributed by atoms with Crippen molar-refractivity contribution in [3.05, 3.63) is 16.6 Å². The van der Waals surface area contributed by atoms with E-state index >= 15 is 0 Å². The van der Waals surface area contributed by atoms with E-state index in [9.17, 15) is 5.11 Å². The van der Waals surface area contributed by atoms with Crippen molar-refractivity contribution < 1.29 is 5.11 Å². The largest absolute Gasteiger partial charge is 0.396 e. The molecule has 0 saturated carbocycles. The van der Waals surface area contributed by atoms with Crippen molar-refractivity contribution in [1.82, 2.24) is 9.88 Å². The SMILES string of the molecule is CCC[C@@]1(CO)CCCN(Cc2cscn2)C1. The van der Waals surface area contributed by atoms with Gasteiger partial charge in [0.25, 0.3) is 0 Å². The number of hydrogen-bond acceptors (Lipinski definition) is 4. The molecular weight excluding hydrogens is 232 g/mol. The van der Waals surface area contributed by atoms with Crippen LogP contribution in [0.4, 0.5) is 0 Å². The van der Waals surface area contributed by atoms with E-state index in [4.69, 9.17) is 0 Å². The van der Waals surface area contributed by atoms with Crippen LogP contribution >= 0.6 is 11.3 Å². The Kier molecular flexibility index (Phi) is 4.54. The van der Waals surface area contributed by atoms with E-state index in [1.54, 1.807) is 11.3 Å². The van der Waals surface area contributed by atoms with E-state index in [0.29, 0.717) is 6.61 Å². The van der Waals surface area contributed by atoms with Gasteiger partial charge in [0.15, 0.2) is 0 Å². The summed E-state index contributed by atoms with van der Waals surface area (Å²) in [6.07, 6.45) is 4.66.